The highest BCUT2D eigenvalue weighted by atomic mass is 35.5. The topological polar surface area (TPSA) is 57.6 Å². The molecular weight excluding hydrogens is 334 g/mol. The minimum absolute atomic E-state index is 0.250. The number of hydrogen-bond donors (Lipinski definition) is 1. The van der Waals surface area contributed by atoms with Gasteiger partial charge < -0.3 is 5.11 Å². The molecule has 0 saturated carbocycles. The molecule has 122 valence electrons. The number of aliphatic hydroxyl groups is 1. The summed E-state index contributed by atoms with van der Waals surface area (Å²) in [6.45, 7) is 2.25. The van der Waals surface area contributed by atoms with Crippen LogP contribution in [-0.2, 0) is 10.0 Å². The third-order valence-electron chi connectivity index (χ3n) is 4.07. The van der Waals surface area contributed by atoms with Crippen molar-refractivity contribution in [1.82, 2.24) is 0 Å². The van der Waals surface area contributed by atoms with Crippen LogP contribution in [0.2, 0.25) is 5.02 Å². The highest BCUT2D eigenvalue weighted by molar-refractivity contribution is 7.92. The van der Waals surface area contributed by atoms with Gasteiger partial charge >= 0.3 is 0 Å². The number of rotatable bonds is 2. The zero-order valence-corrected chi connectivity index (χ0v) is 14.3. The van der Waals surface area contributed by atoms with Crippen LogP contribution in [0.1, 0.15) is 30.1 Å². The first-order valence-electron chi connectivity index (χ1n) is 7.46. The third-order valence-corrected chi connectivity index (χ3v) is 6.13. The summed E-state index contributed by atoms with van der Waals surface area (Å²) in [6, 6.07) is 11.7. The maximum Gasteiger partial charge on any atom is 0.264 e. The molecule has 1 unspecified atom stereocenters. The molecule has 0 radical (unpaired) electrons. The van der Waals surface area contributed by atoms with E-state index in [1.165, 1.54) is 4.31 Å². The van der Waals surface area contributed by atoms with Crippen LogP contribution < -0.4 is 4.31 Å². The highest BCUT2D eigenvalue weighted by Gasteiger charge is 2.30. The van der Waals surface area contributed by atoms with Crippen molar-refractivity contribution in [2.75, 3.05) is 10.8 Å². The van der Waals surface area contributed by atoms with Crippen molar-refractivity contribution >= 4 is 27.3 Å². The first kappa shape index (κ1) is 16.3. The maximum atomic E-state index is 13.0. The van der Waals surface area contributed by atoms with E-state index in [1.807, 2.05) is 6.92 Å². The lowest BCUT2D eigenvalue weighted by atomic mass is 10.1. The summed E-state index contributed by atoms with van der Waals surface area (Å²) in [5.74, 6) is 0. The van der Waals surface area contributed by atoms with Crippen LogP contribution >= 0.6 is 11.6 Å². The first-order valence-corrected chi connectivity index (χ1v) is 9.28. The number of aliphatic hydroxyl groups excluding tert-OH is 1. The molecule has 1 aliphatic heterocycles. The number of halogens is 1. The molecule has 0 amide bonds. The van der Waals surface area contributed by atoms with Gasteiger partial charge in [0.15, 0.2) is 0 Å². The van der Waals surface area contributed by atoms with E-state index in [2.05, 4.69) is 0 Å². The molecule has 1 N–H and O–H groups in total. The average molecular weight is 352 g/mol. The molecular formula is C17H18ClNO3S. The van der Waals surface area contributed by atoms with Crippen molar-refractivity contribution in [3.63, 3.8) is 0 Å². The van der Waals surface area contributed by atoms with Gasteiger partial charge in [-0.2, -0.15) is 0 Å². The van der Waals surface area contributed by atoms with Crippen LogP contribution in [0.25, 0.3) is 0 Å². The summed E-state index contributed by atoms with van der Waals surface area (Å²) < 4.78 is 27.4. The molecule has 0 aliphatic carbocycles. The summed E-state index contributed by atoms with van der Waals surface area (Å²) in [6.07, 6.45) is 0.383. The number of nitrogens with zero attached hydrogens (tertiary/aromatic N) is 1. The number of aryl methyl sites for hydroxylation is 1. The minimum atomic E-state index is -3.67. The van der Waals surface area contributed by atoms with Crippen molar-refractivity contribution in [2.45, 2.75) is 30.8 Å². The number of fused-ring (bicyclic) bond motifs is 1. The van der Waals surface area contributed by atoms with Crippen molar-refractivity contribution in [3.05, 3.63) is 58.6 Å². The molecule has 0 bridgehead atoms. The van der Waals surface area contributed by atoms with E-state index in [1.54, 1.807) is 42.5 Å². The Bertz CT molecular complexity index is 818. The van der Waals surface area contributed by atoms with Crippen LogP contribution in [0.4, 0.5) is 5.69 Å². The van der Waals surface area contributed by atoms with Gasteiger partial charge in [-0.1, -0.05) is 29.3 Å². The Morgan fingerprint density at radius 2 is 1.87 bits per heavy atom. The van der Waals surface area contributed by atoms with E-state index in [0.29, 0.717) is 35.7 Å². The van der Waals surface area contributed by atoms with Gasteiger partial charge in [0.2, 0.25) is 0 Å². The van der Waals surface area contributed by atoms with Crippen molar-refractivity contribution in [2.24, 2.45) is 0 Å². The molecule has 0 saturated heterocycles. The van der Waals surface area contributed by atoms with Gasteiger partial charge in [0.05, 0.1) is 16.7 Å². The number of hydrogen-bond acceptors (Lipinski definition) is 3. The lowest BCUT2D eigenvalue weighted by Crippen LogP contribution is -2.31. The standard InChI is InChI=1S/C17H18ClNO3S/c1-12-4-7-14(8-5-12)23(21,22)19-10-2-3-17(20)15-11-13(18)6-9-16(15)19/h4-9,11,17,20H,2-3,10H2,1H3. The summed E-state index contributed by atoms with van der Waals surface area (Å²) >= 11 is 6.01. The van der Waals surface area contributed by atoms with Gasteiger partial charge in [0.1, 0.15) is 0 Å². The molecule has 0 fully saturated rings. The minimum Gasteiger partial charge on any atom is -0.388 e. The molecule has 3 rings (SSSR count). The quantitative estimate of drug-likeness (QED) is 0.898. The molecule has 1 atom stereocenters. The Kier molecular flexibility index (Phi) is 4.36. The summed E-state index contributed by atoms with van der Waals surface area (Å²) in [4.78, 5) is 0.250. The van der Waals surface area contributed by atoms with Gasteiger partial charge in [0, 0.05) is 17.1 Å². The van der Waals surface area contributed by atoms with E-state index >= 15 is 0 Å². The summed E-state index contributed by atoms with van der Waals surface area (Å²) in [7, 11) is -3.67. The molecule has 6 heteroatoms. The fraction of sp³-hybridized carbons (Fsp3) is 0.294. The highest BCUT2D eigenvalue weighted by Crippen LogP contribution is 2.37. The van der Waals surface area contributed by atoms with E-state index < -0.39 is 16.1 Å². The van der Waals surface area contributed by atoms with E-state index in [4.69, 9.17) is 11.6 Å². The van der Waals surface area contributed by atoms with Crippen LogP contribution in [0, 0.1) is 6.92 Å². The fourth-order valence-corrected chi connectivity index (χ4v) is 4.52. The van der Waals surface area contributed by atoms with Gasteiger partial charge in [-0.25, -0.2) is 8.42 Å². The van der Waals surface area contributed by atoms with Crippen LogP contribution in [0.5, 0.6) is 0 Å². The van der Waals surface area contributed by atoms with Crippen molar-refractivity contribution < 1.29 is 13.5 Å². The molecule has 0 spiro atoms. The predicted octanol–water partition coefficient (Wildman–Crippen LogP) is 3.67. The van der Waals surface area contributed by atoms with E-state index in [-0.39, 0.29) is 4.90 Å². The largest absolute Gasteiger partial charge is 0.388 e. The van der Waals surface area contributed by atoms with Gasteiger partial charge in [-0.05, 0) is 50.1 Å². The zero-order chi connectivity index (χ0) is 16.6. The van der Waals surface area contributed by atoms with Gasteiger partial charge in [-0.15, -0.1) is 0 Å². The zero-order valence-electron chi connectivity index (χ0n) is 12.7. The summed E-state index contributed by atoms with van der Waals surface area (Å²) in [5, 5.41) is 10.8. The van der Waals surface area contributed by atoms with Crippen LogP contribution in [0.3, 0.4) is 0 Å². The van der Waals surface area contributed by atoms with E-state index in [0.717, 1.165) is 5.56 Å². The first-order chi connectivity index (χ1) is 10.9. The number of benzene rings is 2. The second kappa shape index (κ2) is 6.15. The lowest BCUT2D eigenvalue weighted by molar-refractivity contribution is 0.168. The normalized spacial score (nSPS) is 18.4. The monoisotopic (exact) mass is 351 g/mol. The predicted molar refractivity (Wildman–Crippen MR) is 91.4 cm³/mol. The SMILES string of the molecule is Cc1ccc(S(=O)(=O)N2CCCC(O)c3cc(Cl)ccc32)cc1. The average Bonchev–Trinajstić information content (AvgIpc) is 2.67. The molecule has 4 nitrogen and oxygen atoms in total. The number of sulfonamides is 1. The number of anilines is 1. The fourth-order valence-electron chi connectivity index (χ4n) is 2.81. The second-order valence-corrected chi connectivity index (χ2v) is 8.05. The Labute approximate surface area is 141 Å². The second-order valence-electron chi connectivity index (χ2n) is 5.75. The molecule has 0 aromatic heterocycles. The van der Waals surface area contributed by atoms with Crippen molar-refractivity contribution in [3.8, 4) is 0 Å². The summed E-state index contributed by atoms with van der Waals surface area (Å²) in [5.41, 5.74) is 2.06. The maximum absolute atomic E-state index is 13.0. The Morgan fingerprint density at radius 3 is 2.57 bits per heavy atom. The smallest absolute Gasteiger partial charge is 0.264 e. The molecule has 2 aromatic carbocycles. The molecule has 23 heavy (non-hydrogen) atoms. The Morgan fingerprint density at radius 1 is 1.17 bits per heavy atom. The van der Waals surface area contributed by atoms with Crippen LogP contribution in [0.15, 0.2) is 47.4 Å². The lowest BCUT2D eigenvalue weighted by Gasteiger charge is -2.25. The molecule has 1 aliphatic rings. The van der Waals surface area contributed by atoms with Crippen molar-refractivity contribution in [1.29, 1.82) is 0 Å². The third kappa shape index (κ3) is 3.09. The Hall–Kier alpha value is -1.56. The van der Waals surface area contributed by atoms with Crippen LogP contribution in [-0.4, -0.2) is 20.1 Å². The molecule has 2 aromatic rings. The van der Waals surface area contributed by atoms with Gasteiger partial charge in [-0.3, -0.25) is 4.31 Å². The Balaban J connectivity index is 2.12. The van der Waals surface area contributed by atoms with Gasteiger partial charge in [0.25, 0.3) is 10.0 Å². The van der Waals surface area contributed by atoms with E-state index in [9.17, 15) is 13.5 Å². The molecule has 1 heterocycles.